The van der Waals surface area contributed by atoms with Crippen molar-refractivity contribution in [3.8, 4) is 0 Å². The Morgan fingerprint density at radius 1 is 1.34 bits per heavy atom. The van der Waals surface area contributed by atoms with Gasteiger partial charge in [0.1, 0.15) is 12.0 Å². The summed E-state index contributed by atoms with van der Waals surface area (Å²) in [4.78, 5) is 36.0. The van der Waals surface area contributed by atoms with Crippen molar-refractivity contribution in [2.75, 3.05) is 26.4 Å². The molecule has 0 atom stereocenters. The number of rotatable bonds is 7. The minimum Gasteiger partial charge on any atom is -0.462 e. The Bertz CT molecular complexity index is 1010. The van der Waals surface area contributed by atoms with E-state index in [1.807, 2.05) is 6.92 Å². The smallest absolute Gasteiger partial charge is 0.338 e. The molecule has 1 amide bonds. The monoisotopic (exact) mass is 439 g/mol. The molecule has 1 saturated heterocycles. The lowest BCUT2D eigenvalue weighted by molar-refractivity contribution is 0.0160. The number of hydrogen-bond donors (Lipinski definition) is 1. The molecule has 0 radical (unpaired) electrons. The molecule has 32 heavy (non-hydrogen) atoms. The average molecular weight is 440 g/mol. The van der Waals surface area contributed by atoms with Crippen molar-refractivity contribution in [2.45, 2.75) is 45.6 Å². The van der Waals surface area contributed by atoms with Crippen molar-refractivity contribution in [3.05, 3.63) is 52.3 Å². The molecule has 3 heterocycles. The molecular weight excluding hydrogens is 410 g/mol. The molecule has 4 rings (SSSR count). The second-order valence-electron chi connectivity index (χ2n) is 8.54. The lowest BCUT2D eigenvalue weighted by Gasteiger charge is -2.36. The summed E-state index contributed by atoms with van der Waals surface area (Å²) >= 11 is 0. The number of aromatic nitrogens is 2. The number of aryl methyl sites for hydroxylation is 2. The van der Waals surface area contributed by atoms with Crippen molar-refractivity contribution >= 4 is 18.2 Å². The third-order valence-corrected chi connectivity index (χ3v) is 6.43. The first-order chi connectivity index (χ1) is 15.5. The summed E-state index contributed by atoms with van der Waals surface area (Å²) in [6, 6.07) is 6.44. The van der Waals surface area contributed by atoms with Gasteiger partial charge in [0.15, 0.2) is 0 Å². The van der Waals surface area contributed by atoms with Gasteiger partial charge in [-0.15, -0.1) is 0 Å². The van der Waals surface area contributed by atoms with Crippen LogP contribution < -0.4 is 5.32 Å². The van der Waals surface area contributed by atoms with E-state index in [0.29, 0.717) is 62.3 Å². The molecule has 2 aliphatic heterocycles. The van der Waals surface area contributed by atoms with E-state index in [0.717, 1.165) is 30.5 Å². The number of nitrogens with zero attached hydrogens (tertiary/aromatic N) is 2. The lowest BCUT2D eigenvalue weighted by Crippen LogP contribution is -2.40. The fourth-order valence-electron chi connectivity index (χ4n) is 4.59. The Hall–Kier alpha value is -3.00. The van der Waals surface area contributed by atoms with Crippen LogP contribution in [0.5, 0.6) is 0 Å². The SMILES string of the molecule is CCn1nc(CCCOC(=O)c2cccc(C=O)c2)c2c1C(=O)NCC1(CCOCC1)C2. The highest BCUT2D eigenvalue weighted by molar-refractivity contribution is 5.95. The molecule has 8 nitrogen and oxygen atoms in total. The van der Waals surface area contributed by atoms with Crippen LogP contribution in [0.1, 0.15) is 68.6 Å². The maximum atomic E-state index is 12.9. The first-order valence-electron chi connectivity index (χ1n) is 11.2. The zero-order valence-corrected chi connectivity index (χ0v) is 18.4. The highest BCUT2D eigenvalue weighted by Gasteiger charge is 2.39. The van der Waals surface area contributed by atoms with E-state index in [-0.39, 0.29) is 17.9 Å². The molecule has 2 aromatic rings. The predicted molar refractivity (Wildman–Crippen MR) is 117 cm³/mol. The number of nitrogens with one attached hydrogen (secondary N) is 1. The van der Waals surface area contributed by atoms with E-state index in [4.69, 9.17) is 14.6 Å². The number of ether oxygens (including phenoxy) is 2. The molecule has 0 bridgehead atoms. The fraction of sp³-hybridized carbons (Fsp3) is 0.500. The van der Waals surface area contributed by atoms with Crippen LogP contribution in [0.4, 0.5) is 0 Å². The quantitative estimate of drug-likeness (QED) is 0.404. The maximum absolute atomic E-state index is 12.9. The van der Waals surface area contributed by atoms with Gasteiger partial charge >= 0.3 is 5.97 Å². The summed E-state index contributed by atoms with van der Waals surface area (Å²) < 4.78 is 12.7. The van der Waals surface area contributed by atoms with Crippen LogP contribution in [0.25, 0.3) is 0 Å². The van der Waals surface area contributed by atoms with Crippen LogP contribution in [0.2, 0.25) is 0 Å². The van der Waals surface area contributed by atoms with Gasteiger partial charge in [-0.25, -0.2) is 4.79 Å². The van der Waals surface area contributed by atoms with Gasteiger partial charge in [-0.3, -0.25) is 14.3 Å². The Morgan fingerprint density at radius 3 is 2.91 bits per heavy atom. The zero-order valence-electron chi connectivity index (χ0n) is 18.4. The maximum Gasteiger partial charge on any atom is 0.338 e. The van der Waals surface area contributed by atoms with Gasteiger partial charge in [0.2, 0.25) is 0 Å². The van der Waals surface area contributed by atoms with E-state index < -0.39 is 5.97 Å². The number of amides is 1. The van der Waals surface area contributed by atoms with Crippen molar-refractivity contribution in [2.24, 2.45) is 5.41 Å². The van der Waals surface area contributed by atoms with Crippen molar-refractivity contribution in [1.82, 2.24) is 15.1 Å². The van der Waals surface area contributed by atoms with E-state index >= 15 is 0 Å². The number of hydrogen-bond acceptors (Lipinski definition) is 6. The number of esters is 1. The topological polar surface area (TPSA) is 99.5 Å². The molecule has 1 N–H and O–H groups in total. The number of carbonyl (C=O) groups excluding carboxylic acids is 3. The Morgan fingerprint density at radius 2 is 2.16 bits per heavy atom. The van der Waals surface area contributed by atoms with Crippen LogP contribution >= 0.6 is 0 Å². The molecule has 1 fully saturated rings. The summed E-state index contributed by atoms with van der Waals surface area (Å²) in [5, 5.41) is 7.83. The highest BCUT2D eigenvalue weighted by Crippen LogP contribution is 2.37. The van der Waals surface area contributed by atoms with Crippen LogP contribution in [0.3, 0.4) is 0 Å². The Kier molecular flexibility index (Phi) is 6.69. The second kappa shape index (κ2) is 9.65. The third kappa shape index (κ3) is 4.60. The van der Waals surface area contributed by atoms with Gasteiger partial charge in [-0.2, -0.15) is 5.10 Å². The summed E-state index contributed by atoms with van der Waals surface area (Å²) in [5.74, 6) is -0.516. The molecule has 0 unspecified atom stereocenters. The van der Waals surface area contributed by atoms with Crippen LogP contribution in [0, 0.1) is 5.41 Å². The number of carbonyl (C=O) groups is 3. The molecule has 1 aromatic carbocycles. The average Bonchev–Trinajstić information content (AvgIpc) is 3.10. The van der Waals surface area contributed by atoms with Crippen molar-refractivity contribution < 1.29 is 23.9 Å². The largest absolute Gasteiger partial charge is 0.462 e. The fourth-order valence-corrected chi connectivity index (χ4v) is 4.59. The van der Waals surface area contributed by atoms with Gasteiger partial charge in [-0.05, 0) is 56.6 Å². The van der Waals surface area contributed by atoms with Gasteiger partial charge in [0.25, 0.3) is 5.91 Å². The van der Waals surface area contributed by atoms with E-state index in [2.05, 4.69) is 5.32 Å². The first-order valence-corrected chi connectivity index (χ1v) is 11.2. The number of benzene rings is 1. The van der Waals surface area contributed by atoms with Crippen LogP contribution in [0.15, 0.2) is 24.3 Å². The van der Waals surface area contributed by atoms with E-state index in [1.54, 1.807) is 22.9 Å². The molecular formula is C24H29N3O5. The van der Waals surface area contributed by atoms with E-state index in [1.165, 1.54) is 6.07 Å². The Labute approximate surface area is 187 Å². The first kappa shape index (κ1) is 22.2. The molecule has 2 aliphatic rings. The minimum absolute atomic E-state index is 0.00553. The highest BCUT2D eigenvalue weighted by atomic mass is 16.5. The van der Waals surface area contributed by atoms with Gasteiger partial charge in [0.05, 0.1) is 17.9 Å². The normalized spacial score (nSPS) is 17.3. The van der Waals surface area contributed by atoms with Crippen LogP contribution in [-0.4, -0.2) is 54.3 Å². The lowest BCUT2D eigenvalue weighted by atomic mass is 9.75. The molecule has 1 aromatic heterocycles. The zero-order chi connectivity index (χ0) is 22.6. The summed E-state index contributed by atoms with van der Waals surface area (Å²) in [6.07, 6.45) is 4.56. The Balaban J connectivity index is 1.44. The van der Waals surface area contributed by atoms with E-state index in [9.17, 15) is 14.4 Å². The summed E-state index contributed by atoms with van der Waals surface area (Å²) in [5.41, 5.74) is 3.39. The molecule has 0 aliphatic carbocycles. The van der Waals surface area contributed by atoms with Crippen LogP contribution in [-0.2, 0) is 28.9 Å². The third-order valence-electron chi connectivity index (χ3n) is 6.43. The van der Waals surface area contributed by atoms with Crippen molar-refractivity contribution in [1.29, 1.82) is 0 Å². The molecule has 1 spiro atoms. The summed E-state index contributed by atoms with van der Waals surface area (Å²) in [7, 11) is 0. The number of aldehydes is 1. The predicted octanol–water partition coefficient (Wildman–Crippen LogP) is 2.59. The minimum atomic E-state index is -0.452. The van der Waals surface area contributed by atoms with Gasteiger partial charge in [-0.1, -0.05) is 12.1 Å². The van der Waals surface area contributed by atoms with Crippen molar-refractivity contribution in [3.63, 3.8) is 0 Å². The second-order valence-corrected chi connectivity index (χ2v) is 8.54. The molecule has 8 heteroatoms. The summed E-state index contributed by atoms with van der Waals surface area (Å²) in [6.45, 7) is 4.92. The standard InChI is InChI=1S/C24H29N3O5/c1-2-27-21-19(14-24(16-25-22(21)29)8-11-31-12-9-24)20(26-27)7-4-10-32-23(30)18-6-3-5-17(13-18)15-28/h3,5-6,13,15H,2,4,7-12,14,16H2,1H3,(H,25,29). The molecule has 0 saturated carbocycles. The number of fused-ring (bicyclic) bond motifs is 1. The van der Waals surface area contributed by atoms with Gasteiger partial charge < -0.3 is 14.8 Å². The van der Waals surface area contributed by atoms with Gasteiger partial charge in [0, 0.05) is 37.4 Å². The molecule has 170 valence electrons.